The summed E-state index contributed by atoms with van der Waals surface area (Å²) in [5.41, 5.74) is 0. The van der Waals surface area contributed by atoms with Crippen molar-refractivity contribution >= 4 is 8.32 Å². The molecule has 0 saturated heterocycles. The molecule has 0 atom stereocenters. The highest BCUT2D eigenvalue weighted by molar-refractivity contribution is 6.74. The van der Waals surface area contributed by atoms with Gasteiger partial charge in [0.2, 0.25) is 0 Å². The maximum Gasteiger partial charge on any atom is 0.196 e. The SMILES string of the molecule is C=CC[Si](CCC)(CCC)OCC. The smallest absolute Gasteiger partial charge is 0.196 e. The first-order valence-electron chi connectivity index (χ1n) is 5.49. The van der Waals surface area contributed by atoms with Gasteiger partial charge in [-0.15, -0.1) is 6.58 Å². The molecular formula is C11H24OSi. The van der Waals surface area contributed by atoms with E-state index >= 15 is 0 Å². The maximum atomic E-state index is 6.02. The van der Waals surface area contributed by atoms with Gasteiger partial charge < -0.3 is 4.43 Å². The fraction of sp³-hybridized carbons (Fsp3) is 0.818. The number of hydrogen-bond donors (Lipinski definition) is 0. The van der Waals surface area contributed by atoms with Crippen molar-refractivity contribution in [1.29, 1.82) is 0 Å². The van der Waals surface area contributed by atoms with Crippen LogP contribution in [0.5, 0.6) is 0 Å². The lowest BCUT2D eigenvalue weighted by Gasteiger charge is -2.29. The quantitative estimate of drug-likeness (QED) is 0.425. The van der Waals surface area contributed by atoms with Gasteiger partial charge in [-0.05, 0) is 25.1 Å². The lowest BCUT2D eigenvalue weighted by molar-refractivity contribution is 0.319. The van der Waals surface area contributed by atoms with Crippen LogP contribution in [0.3, 0.4) is 0 Å². The Labute approximate surface area is 84.3 Å². The molecule has 2 heteroatoms. The van der Waals surface area contributed by atoms with Crippen LogP contribution in [0.15, 0.2) is 12.7 Å². The normalized spacial score (nSPS) is 11.6. The van der Waals surface area contributed by atoms with Crippen LogP contribution >= 0.6 is 0 Å². The van der Waals surface area contributed by atoms with Gasteiger partial charge in [-0.3, -0.25) is 0 Å². The van der Waals surface area contributed by atoms with Crippen molar-refractivity contribution < 1.29 is 4.43 Å². The first-order chi connectivity index (χ1) is 6.24. The first-order valence-corrected chi connectivity index (χ1v) is 8.02. The largest absolute Gasteiger partial charge is 0.417 e. The third kappa shape index (κ3) is 4.63. The summed E-state index contributed by atoms with van der Waals surface area (Å²) in [6, 6.07) is 3.71. The van der Waals surface area contributed by atoms with Crippen molar-refractivity contribution in [3.8, 4) is 0 Å². The van der Waals surface area contributed by atoms with Crippen molar-refractivity contribution in [2.75, 3.05) is 6.61 Å². The zero-order valence-corrected chi connectivity index (χ0v) is 10.4. The van der Waals surface area contributed by atoms with Crippen LogP contribution in [0, 0.1) is 0 Å². The molecule has 0 bridgehead atoms. The van der Waals surface area contributed by atoms with Crippen molar-refractivity contribution in [3.63, 3.8) is 0 Å². The van der Waals surface area contributed by atoms with Gasteiger partial charge in [0.1, 0.15) is 0 Å². The minimum absolute atomic E-state index is 0.875. The van der Waals surface area contributed by atoms with Crippen molar-refractivity contribution in [2.24, 2.45) is 0 Å². The fourth-order valence-electron chi connectivity index (χ4n) is 2.01. The molecule has 0 fully saturated rings. The Bertz CT molecular complexity index is 117. The molecule has 0 amide bonds. The summed E-state index contributed by atoms with van der Waals surface area (Å²) >= 11 is 0. The molecule has 0 aliphatic rings. The van der Waals surface area contributed by atoms with Crippen LogP contribution in [0.1, 0.15) is 33.6 Å². The molecule has 78 valence electrons. The second kappa shape index (κ2) is 7.33. The number of rotatable bonds is 8. The molecule has 0 aromatic carbocycles. The summed E-state index contributed by atoms with van der Waals surface area (Å²) in [6.45, 7) is 11.3. The van der Waals surface area contributed by atoms with E-state index in [1.165, 1.54) is 24.9 Å². The van der Waals surface area contributed by atoms with Crippen LogP contribution < -0.4 is 0 Å². The van der Waals surface area contributed by atoms with Gasteiger partial charge >= 0.3 is 0 Å². The maximum absolute atomic E-state index is 6.02. The average molecular weight is 200 g/mol. The van der Waals surface area contributed by atoms with E-state index in [1.54, 1.807) is 0 Å². The minimum Gasteiger partial charge on any atom is -0.417 e. The van der Waals surface area contributed by atoms with Crippen molar-refractivity contribution in [2.45, 2.75) is 51.7 Å². The summed E-state index contributed by atoms with van der Waals surface area (Å²) < 4.78 is 6.02. The highest BCUT2D eigenvalue weighted by Gasteiger charge is 2.30. The molecule has 0 N–H and O–H groups in total. The molecule has 0 aliphatic carbocycles. The Morgan fingerprint density at radius 1 is 1.15 bits per heavy atom. The predicted octanol–water partition coefficient (Wildman–Crippen LogP) is 3.97. The molecule has 0 radical (unpaired) electrons. The Morgan fingerprint density at radius 2 is 1.69 bits per heavy atom. The molecular weight excluding hydrogens is 176 g/mol. The van der Waals surface area contributed by atoms with Gasteiger partial charge in [0.05, 0.1) is 0 Å². The molecule has 1 nitrogen and oxygen atoms in total. The van der Waals surface area contributed by atoms with Crippen LogP contribution in [0.2, 0.25) is 18.1 Å². The number of hydrogen-bond acceptors (Lipinski definition) is 1. The lowest BCUT2D eigenvalue weighted by atomic mass is 10.6. The van der Waals surface area contributed by atoms with E-state index in [0.29, 0.717) is 0 Å². The van der Waals surface area contributed by atoms with E-state index in [-0.39, 0.29) is 0 Å². The zero-order valence-electron chi connectivity index (χ0n) is 9.44. The van der Waals surface area contributed by atoms with Gasteiger partial charge in [0.15, 0.2) is 8.32 Å². The van der Waals surface area contributed by atoms with Crippen molar-refractivity contribution in [1.82, 2.24) is 0 Å². The van der Waals surface area contributed by atoms with E-state index < -0.39 is 8.32 Å². The van der Waals surface area contributed by atoms with E-state index in [9.17, 15) is 0 Å². The van der Waals surface area contributed by atoms with Gasteiger partial charge in [-0.25, -0.2) is 0 Å². The van der Waals surface area contributed by atoms with Gasteiger partial charge in [0, 0.05) is 6.61 Å². The monoisotopic (exact) mass is 200 g/mol. The topological polar surface area (TPSA) is 9.23 Å². The predicted molar refractivity (Wildman–Crippen MR) is 62.6 cm³/mol. The Kier molecular flexibility index (Phi) is 7.29. The van der Waals surface area contributed by atoms with Gasteiger partial charge in [-0.1, -0.05) is 32.8 Å². The second-order valence-corrected chi connectivity index (χ2v) is 7.67. The molecule has 0 rings (SSSR count). The molecule has 0 aromatic rings. The van der Waals surface area contributed by atoms with E-state index in [2.05, 4.69) is 27.4 Å². The molecule has 0 unspecified atom stereocenters. The second-order valence-electron chi connectivity index (χ2n) is 3.61. The lowest BCUT2D eigenvalue weighted by Crippen LogP contribution is -2.37. The summed E-state index contributed by atoms with van der Waals surface area (Å²) in [6.07, 6.45) is 4.55. The molecule has 0 heterocycles. The number of allylic oxidation sites excluding steroid dienone is 1. The molecule has 0 saturated carbocycles. The highest BCUT2D eigenvalue weighted by atomic mass is 28.4. The van der Waals surface area contributed by atoms with Crippen molar-refractivity contribution in [3.05, 3.63) is 12.7 Å². The highest BCUT2D eigenvalue weighted by Crippen LogP contribution is 2.26. The summed E-state index contributed by atoms with van der Waals surface area (Å²) in [4.78, 5) is 0. The van der Waals surface area contributed by atoms with E-state index in [1.807, 2.05) is 6.08 Å². The Hall–Kier alpha value is -0.0831. The summed E-state index contributed by atoms with van der Waals surface area (Å²) in [5.74, 6) is 0. The first kappa shape index (κ1) is 12.9. The van der Waals surface area contributed by atoms with Crippen LogP contribution in [0.4, 0.5) is 0 Å². The minimum atomic E-state index is -1.41. The van der Waals surface area contributed by atoms with Crippen LogP contribution in [-0.2, 0) is 4.43 Å². The summed E-state index contributed by atoms with van der Waals surface area (Å²) in [7, 11) is -1.41. The standard InChI is InChI=1S/C11H24OSi/c1-5-9-13(10-6-2,11-7-3)12-8-4/h5H,1,6-11H2,2-4H3. The Balaban J connectivity index is 4.27. The Morgan fingerprint density at radius 3 is 2.00 bits per heavy atom. The molecule has 0 spiro atoms. The van der Waals surface area contributed by atoms with Crippen LogP contribution in [-0.4, -0.2) is 14.9 Å². The molecule has 0 aromatic heterocycles. The molecule has 13 heavy (non-hydrogen) atoms. The van der Waals surface area contributed by atoms with Gasteiger partial charge in [-0.2, -0.15) is 0 Å². The fourth-order valence-corrected chi connectivity index (χ4v) is 6.04. The van der Waals surface area contributed by atoms with E-state index in [4.69, 9.17) is 4.43 Å². The molecule has 0 aliphatic heterocycles. The average Bonchev–Trinajstić information content (AvgIpc) is 2.06. The summed E-state index contributed by atoms with van der Waals surface area (Å²) in [5, 5.41) is 0. The van der Waals surface area contributed by atoms with Gasteiger partial charge in [0.25, 0.3) is 0 Å². The third-order valence-electron chi connectivity index (χ3n) is 2.38. The third-order valence-corrected chi connectivity index (χ3v) is 7.13. The van der Waals surface area contributed by atoms with E-state index in [0.717, 1.165) is 12.7 Å². The zero-order chi connectivity index (χ0) is 10.2. The van der Waals surface area contributed by atoms with Crippen LogP contribution in [0.25, 0.3) is 0 Å².